The number of ether oxygens (including phenoxy) is 1. The summed E-state index contributed by atoms with van der Waals surface area (Å²) < 4.78 is 6.62. The second kappa shape index (κ2) is 9.17. The first-order chi connectivity index (χ1) is 15.7. The third kappa shape index (κ3) is 5.13. The van der Waals surface area contributed by atoms with Gasteiger partial charge in [-0.15, -0.1) is 0 Å². The molecule has 0 bridgehead atoms. The summed E-state index contributed by atoms with van der Waals surface area (Å²) in [6.07, 6.45) is 3.60. The van der Waals surface area contributed by atoms with Crippen molar-refractivity contribution in [2.45, 2.75) is 58.4 Å². The summed E-state index contributed by atoms with van der Waals surface area (Å²) in [6, 6.07) is 8.87. The summed E-state index contributed by atoms with van der Waals surface area (Å²) in [5.41, 5.74) is 2.29. The van der Waals surface area contributed by atoms with Gasteiger partial charge in [-0.05, 0) is 37.0 Å². The van der Waals surface area contributed by atoms with Gasteiger partial charge in [-0.2, -0.15) is 14.8 Å². The predicted molar refractivity (Wildman–Crippen MR) is 127 cm³/mol. The highest BCUT2D eigenvalue weighted by molar-refractivity contribution is 6.16. The molecule has 1 atom stereocenters. The quantitative estimate of drug-likeness (QED) is 0.736. The van der Waals surface area contributed by atoms with Gasteiger partial charge in [-0.25, -0.2) is 9.79 Å². The van der Waals surface area contributed by atoms with Crippen LogP contribution >= 0.6 is 0 Å². The molecule has 2 aliphatic rings. The van der Waals surface area contributed by atoms with Gasteiger partial charge < -0.3 is 10.1 Å². The molecule has 1 unspecified atom stereocenters. The molecule has 0 spiro atoms. The largest absolute Gasteiger partial charge is 0.497 e. The van der Waals surface area contributed by atoms with Crippen LogP contribution in [0.1, 0.15) is 57.7 Å². The highest BCUT2D eigenvalue weighted by Gasteiger charge is 2.32. The summed E-state index contributed by atoms with van der Waals surface area (Å²) in [7, 11) is 1.61. The number of hydrogen-bond donors (Lipinski definition) is 2. The Labute approximate surface area is 193 Å². The molecule has 1 saturated carbocycles. The topological polar surface area (TPSA) is 110 Å². The molecular formula is C24H30N6O3. The fourth-order valence-corrected chi connectivity index (χ4v) is 3.90. The maximum Gasteiger partial charge on any atom is 0.320 e. The van der Waals surface area contributed by atoms with Crippen molar-refractivity contribution in [2.24, 2.45) is 15.9 Å². The number of rotatable bonds is 4. The summed E-state index contributed by atoms with van der Waals surface area (Å²) in [6.45, 7) is 6.44. The molecule has 2 aromatic rings. The minimum Gasteiger partial charge on any atom is -0.497 e. The van der Waals surface area contributed by atoms with Crippen molar-refractivity contribution < 1.29 is 14.3 Å². The van der Waals surface area contributed by atoms with E-state index in [1.54, 1.807) is 13.2 Å². The van der Waals surface area contributed by atoms with E-state index in [1.165, 1.54) is 4.68 Å². The fourth-order valence-electron chi connectivity index (χ4n) is 3.90. The van der Waals surface area contributed by atoms with Crippen LogP contribution in [-0.2, 0) is 16.8 Å². The Hall–Kier alpha value is -3.49. The van der Waals surface area contributed by atoms with E-state index in [0.717, 1.165) is 48.4 Å². The van der Waals surface area contributed by atoms with Crippen LogP contribution in [-0.4, -0.2) is 40.5 Å². The number of benzene rings is 1. The number of carbonyl (C=O) groups excluding carboxylic acids is 2. The predicted octanol–water partition coefficient (Wildman–Crippen LogP) is 3.89. The number of hydrogen-bond acceptors (Lipinski definition) is 5. The smallest absolute Gasteiger partial charge is 0.320 e. The Morgan fingerprint density at radius 2 is 1.94 bits per heavy atom. The van der Waals surface area contributed by atoms with Gasteiger partial charge in [0.15, 0.2) is 0 Å². The molecule has 1 aliphatic heterocycles. The van der Waals surface area contributed by atoms with E-state index in [9.17, 15) is 9.59 Å². The van der Waals surface area contributed by atoms with E-state index >= 15 is 0 Å². The second-order valence-corrected chi connectivity index (χ2v) is 9.38. The lowest BCUT2D eigenvalue weighted by Crippen LogP contribution is -2.34. The highest BCUT2D eigenvalue weighted by Crippen LogP contribution is 2.28. The molecule has 4 rings (SSSR count). The van der Waals surface area contributed by atoms with Crippen LogP contribution in [0.3, 0.4) is 0 Å². The van der Waals surface area contributed by atoms with Crippen LogP contribution in [0, 0.1) is 5.92 Å². The number of aliphatic imine (C=N–C) groups is 2. The van der Waals surface area contributed by atoms with Crippen LogP contribution in [0.2, 0.25) is 0 Å². The zero-order valence-electron chi connectivity index (χ0n) is 19.5. The third-order valence-corrected chi connectivity index (χ3v) is 5.85. The Morgan fingerprint density at radius 3 is 2.64 bits per heavy atom. The number of carbonyl (C=O) groups is 2. The average molecular weight is 451 g/mol. The maximum absolute atomic E-state index is 12.7. The molecule has 33 heavy (non-hydrogen) atoms. The van der Waals surface area contributed by atoms with Gasteiger partial charge in [-0.3, -0.25) is 10.1 Å². The lowest BCUT2D eigenvalue weighted by molar-refractivity contribution is -0.120. The Morgan fingerprint density at radius 1 is 1.18 bits per heavy atom. The number of nitrogens with one attached hydrogen (secondary N) is 2. The van der Waals surface area contributed by atoms with Gasteiger partial charge in [0.1, 0.15) is 11.6 Å². The van der Waals surface area contributed by atoms with Gasteiger partial charge in [0.25, 0.3) is 11.9 Å². The second-order valence-electron chi connectivity index (χ2n) is 9.38. The normalized spacial score (nSPS) is 18.2. The number of fused-ring (bicyclic) bond motifs is 1. The van der Waals surface area contributed by atoms with Crippen molar-refractivity contribution in [2.75, 3.05) is 12.4 Å². The van der Waals surface area contributed by atoms with Gasteiger partial charge in [-0.1, -0.05) is 39.3 Å². The van der Waals surface area contributed by atoms with E-state index < -0.39 is 6.03 Å². The molecular weight excluding hydrogens is 420 g/mol. The minimum atomic E-state index is -0.390. The van der Waals surface area contributed by atoms with Crippen molar-refractivity contribution >= 4 is 29.4 Å². The van der Waals surface area contributed by atoms with E-state index in [4.69, 9.17) is 4.74 Å². The Bertz CT molecular complexity index is 1110. The fraction of sp³-hybridized carbons (Fsp3) is 0.458. The molecule has 1 aliphatic carbocycles. The zero-order chi connectivity index (χ0) is 23.6. The average Bonchev–Trinajstić information content (AvgIpc) is 3.22. The van der Waals surface area contributed by atoms with Crippen molar-refractivity contribution in [1.29, 1.82) is 0 Å². The third-order valence-electron chi connectivity index (χ3n) is 5.85. The monoisotopic (exact) mass is 450 g/mol. The summed E-state index contributed by atoms with van der Waals surface area (Å²) >= 11 is 0. The number of nitrogens with zero attached hydrogens (tertiary/aromatic N) is 4. The molecule has 1 aromatic heterocycles. The lowest BCUT2D eigenvalue weighted by atomic mass is 9.86. The summed E-state index contributed by atoms with van der Waals surface area (Å²) in [4.78, 5) is 34.2. The maximum atomic E-state index is 12.7. The van der Waals surface area contributed by atoms with Gasteiger partial charge in [0.05, 0.1) is 18.7 Å². The number of amides is 3. The molecule has 9 heteroatoms. The SMILES string of the molecule is COc1ccc(CNC(=O)Nc2cc(C(C)(C)C)nn2C2=NC(=O)C3CCCCC3=N2)cc1. The van der Waals surface area contributed by atoms with Gasteiger partial charge in [0, 0.05) is 23.7 Å². The first-order valence-corrected chi connectivity index (χ1v) is 11.2. The van der Waals surface area contributed by atoms with E-state index in [-0.39, 0.29) is 23.2 Å². The molecule has 9 nitrogen and oxygen atoms in total. The number of urea groups is 1. The van der Waals surface area contributed by atoms with Crippen LogP contribution in [0.15, 0.2) is 40.3 Å². The summed E-state index contributed by atoms with van der Waals surface area (Å²) in [5, 5.41) is 10.3. The molecule has 0 radical (unpaired) electrons. The Balaban J connectivity index is 1.55. The van der Waals surface area contributed by atoms with Crippen molar-refractivity contribution in [3.05, 3.63) is 41.6 Å². The van der Waals surface area contributed by atoms with Crippen molar-refractivity contribution in [1.82, 2.24) is 15.1 Å². The van der Waals surface area contributed by atoms with Crippen molar-refractivity contribution in [3.8, 4) is 5.75 Å². The zero-order valence-corrected chi connectivity index (χ0v) is 19.5. The van der Waals surface area contributed by atoms with Crippen LogP contribution < -0.4 is 15.4 Å². The summed E-state index contributed by atoms with van der Waals surface area (Å²) in [5.74, 6) is 0.972. The first kappa shape index (κ1) is 22.7. The van der Waals surface area contributed by atoms with Crippen molar-refractivity contribution in [3.63, 3.8) is 0 Å². The number of anilines is 1. The van der Waals surface area contributed by atoms with Crippen LogP contribution in [0.25, 0.3) is 0 Å². The molecule has 2 N–H and O–H groups in total. The molecule has 3 amide bonds. The van der Waals surface area contributed by atoms with Gasteiger partial charge in [0.2, 0.25) is 0 Å². The van der Waals surface area contributed by atoms with Crippen LogP contribution in [0.5, 0.6) is 5.75 Å². The molecule has 174 valence electrons. The number of methoxy groups -OCH3 is 1. The molecule has 1 fully saturated rings. The lowest BCUT2D eigenvalue weighted by Gasteiger charge is -2.24. The molecule has 1 aromatic carbocycles. The van der Waals surface area contributed by atoms with E-state index in [0.29, 0.717) is 12.4 Å². The van der Waals surface area contributed by atoms with E-state index in [2.05, 4.69) is 25.7 Å². The minimum absolute atomic E-state index is 0.183. The molecule has 2 heterocycles. The standard InChI is InChI=1S/C24H30N6O3/c1-24(2,3)19-13-20(27-23(32)25-14-15-9-11-16(33-4)12-10-15)30(29-19)22-26-18-8-6-5-7-17(18)21(31)28-22/h9-13,17H,5-8,14H2,1-4H3,(H2,25,27,32). The van der Waals surface area contributed by atoms with Gasteiger partial charge >= 0.3 is 6.03 Å². The first-order valence-electron chi connectivity index (χ1n) is 11.2. The number of aromatic nitrogens is 2. The Kier molecular flexibility index (Phi) is 6.31. The van der Waals surface area contributed by atoms with Crippen LogP contribution in [0.4, 0.5) is 10.6 Å². The highest BCUT2D eigenvalue weighted by atomic mass is 16.5. The van der Waals surface area contributed by atoms with E-state index in [1.807, 2.05) is 45.0 Å². The molecule has 0 saturated heterocycles.